The highest BCUT2D eigenvalue weighted by atomic mass is 16.5. The summed E-state index contributed by atoms with van der Waals surface area (Å²) in [5.41, 5.74) is 1.63. The number of hydrogen-bond donors (Lipinski definition) is 1. The predicted molar refractivity (Wildman–Crippen MR) is 135 cm³/mol. The maximum Gasteiger partial charge on any atom is 0.407 e. The van der Waals surface area contributed by atoms with Crippen molar-refractivity contribution < 1.29 is 24.2 Å². The van der Waals surface area contributed by atoms with Gasteiger partial charge in [0.15, 0.2) is 5.82 Å². The zero-order valence-electron chi connectivity index (χ0n) is 21.6. The smallest absolute Gasteiger partial charge is 0.407 e. The quantitative estimate of drug-likeness (QED) is 0.655. The fourth-order valence-electron chi connectivity index (χ4n) is 5.31. The molecule has 4 rings (SSSR count). The van der Waals surface area contributed by atoms with Crippen LogP contribution in [0, 0.1) is 11.8 Å². The van der Waals surface area contributed by atoms with Crippen molar-refractivity contribution in [1.82, 2.24) is 24.3 Å². The van der Waals surface area contributed by atoms with Gasteiger partial charge in [0.05, 0.1) is 36.2 Å². The minimum absolute atomic E-state index is 0.00905. The Morgan fingerprint density at radius 3 is 2.42 bits per heavy atom. The van der Waals surface area contributed by atoms with Gasteiger partial charge in [-0.2, -0.15) is 0 Å². The molecule has 3 amide bonds. The Hall–Kier alpha value is -3.14. The van der Waals surface area contributed by atoms with Crippen molar-refractivity contribution in [3.63, 3.8) is 0 Å². The Labute approximate surface area is 211 Å². The van der Waals surface area contributed by atoms with E-state index in [2.05, 4.69) is 0 Å². The number of piperidine rings is 1. The van der Waals surface area contributed by atoms with E-state index < -0.39 is 18.1 Å². The highest BCUT2D eigenvalue weighted by Crippen LogP contribution is 2.28. The summed E-state index contributed by atoms with van der Waals surface area (Å²) in [5, 5.41) is 9.86. The summed E-state index contributed by atoms with van der Waals surface area (Å²) >= 11 is 0. The molecule has 36 heavy (non-hydrogen) atoms. The molecule has 1 aromatic carbocycles. The van der Waals surface area contributed by atoms with Gasteiger partial charge in [-0.15, -0.1) is 0 Å². The van der Waals surface area contributed by atoms with E-state index in [1.807, 2.05) is 56.5 Å². The molecule has 1 N–H and O–H groups in total. The number of aromatic nitrogens is 2. The van der Waals surface area contributed by atoms with Crippen molar-refractivity contribution in [2.45, 2.75) is 46.2 Å². The average Bonchev–Trinajstić information content (AvgIpc) is 3.26. The molecule has 2 aromatic rings. The molecule has 2 atom stereocenters. The molecule has 0 aliphatic carbocycles. The van der Waals surface area contributed by atoms with Crippen LogP contribution in [-0.4, -0.2) is 99.2 Å². The molecular formula is C26H37N5O5. The number of ether oxygens (including phenoxy) is 1. The molecule has 0 spiro atoms. The third kappa shape index (κ3) is 5.33. The van der Waals surface area contributed by atoms with Crippen molar-refractivity contribution >= 4 is 28.9 Å². The van der Waals surface area contributed by atoms with Crippen LogP contribution < -0.4 is 0 Å². The van der Waals surface area contributed by atoms with Crippen molar-refractivity contribution in [1.29, 1.82) is 0 Å². The number of rotatable bonds is 6. The molecule has 0 radical (unpaired) electrons. The maximum atomic E-state index is 14.1. The van der Waals surface area contributed by atoms with E-state index in [-0.39, 0.29) is 36.9 Å². The molecule has 2 aliphatic rings. The van der Waals surface area contributed by atoms with E-state index in [0.29, 0.717) is 45.1 Å². The largest absolute Gasteiger partial charge is 0.465 e. The standard InChI is InChI=1S/C26H37N5O5/c1-17(2)14-30(25(33)23-27-21-7-5-6-8-22(21)31(23)18(3)4)20-13-19(15-29(16-20)26(34)35)24(32)28-9-11-36-12-10-28/h5-8,17-20H,9-16H2,1-4H3,(H,34,35)/t19-,20+/m1/s1. The Morgan fingerprint density at radius 2 is 1.78 bits per heavy atom. The Kier molecular flexibility index (Phi) is 7.82. The van der Waals surface area contributed by atoms with Gasteiger partial charge in [-0.05, 0) is 38.3 Å². The number of likely N-dealkylation sites (tertiary alicyclic amines) is 1. The number of morpholine rings is 1. The lowest BCUT2D eigenvalue weighted by molar-refractivity contribution is -0.142. The lowest BCUT2D eigenvalue weighted by atomic mass is 9.91. The summed E-state index contributed by atoms with van der Waals surface area (Å²) in [6.07, 6.45) is -0.661. The molecule has 0 bridgehead atoms. The van der Waals surface area contributed by atoms with Gasteiger partial charge in [0.25, 0.3) is 5.91 Å². The number of carbonyl (C=O) groups excluding carboxylic acids is 2. The number of hydrogen-bond acceptors (Lipinski definition) is 5. The summed E-state index contributed by atoms with van der Waals surface area (Å²) in [5.74, 6) is -0.317. The van der Waals surface area contributed by atoms with Gasteiger partial charge in [0.1, 0.15) is 0 Å². The number of fused-ring (bicyclic) bond motifs is 1. The van der Waals surface area contributed by atoms with Crippen LogP contribution in [-0.2, 0) is 9.53 Å². The van der Waals surface area contributed by atoms with Crippen LogP contribution in [0.2, 0.25) is 0 Å². The normalized spacial score (nSPS) is 20.8. The van der Waals surface area contributed by atoms with Gasteiger partial charge < -0.3 is 29.1 Å². The van der Waals surface area contributed by atoms with E-state index in [1.54, 1.807) is 9.80 Å². The fourth-order valence-corrected chi connectivity index (χ4v) is 5.31. The zero-order chi connectivity index (χ0) is 26.0. The Bertz CT molecular complexity index is 1110. The molecule has 10 nitrogen and oxygen atoms in total. The maximum absolute atomic E-state index is 14.1. The molecule has 10 heteroatoms. The molecule has 2 saturated heterocycles. The second-order valence-corrected chi connectivity index (χ2v) is 10.5. The molecule has 196 valence electrons. The number of imidazole rings is 1. The van der Waals surface area contributed by atoms with Gasteiger partial charge in [-0.3, -0.25) is 9.59 Å². The SMILES string of the molecule is CC(C)CN(C(=O)c1nc2ccccc2n1C(C)C)[C@H]1C[C@@H](C(=O)N2CCOCC2)CN(C(=O)O)C1. The first-order chi connectivity index (χ1) is 17.2. The molecule has 0 unspecified atom stereocenters. The number of benzene rings is 1. The minimum atomic E-state index is -1.08. The number of amides is 3. The fraction of sp³-hybridized carbons (Fsp3) is 0.615. The van der Waals surface area contributed by atoms with Crippen LogP contribution >= 0.6 is 0 Å². The van der Waals surface area contributed by atoms with Gasteiger partial charge in [-0.1, -0.05) is 26.0 Å². The third-order valence-corrected chi connectivity index (χ3v) is 6.94. The van der Waals surface area contributed by atoms with Crippen LogP contribution in [0.15, 0.2) is 24.3 Å². The summed E-state index contributed by atoms with van der Waals surface area (Å²) < 4.78 is 7.32. The van der Waals surface area contributed by atoms with Gasteiger partial charge in [-0.25, -0.2) is 9.78 Å². The van der Waals surface area contributed by atoms with Crippen molar-refractivity contribution in [2.75, 3.05) is 45.9 Å². The van der Waals surface area contributed by atoms with E-state index in [4.69, 9.17) is 9.72 Å². The van der Waals surface area contributed by atoms with Gasteiger partial charge >= 0.3 is 6.09 Å². The highest BCUT2D eigenvalue weighted by molar-refractivity contribution is 5.95. The topological polar surface area (TPSA) is 108 Å². The summed E-state index contributed by atoms with van der Waals surface area (Å²) in [6.45, 7) is 10.8. The monoisotopic (exact) mass is 499 g/mol. The molecular weight excluding hydrogens is 462 g/mol. The number of nitrogens with zero attached hydrogens (tertiary/aromatic N) is 5. The van der Waals surface area contributed by atoms with Gasteiger partial charge in [0.2, 0.25) is 5.91 Å². The van der Waals surface area contributed by atoms with Gasteiger partial charge in [0, 0.05) is 38.8 Å². The molecule has 3 heterocycles. The predicted octanol–water partition coefficient (Wildman–Crippen LogP) is 2.94. The average molecular weight is 500 g/mol. The van der Waals surface area contributed by atoms with Crippen LogP contribution in [0.1, 0.15) is 50.8 Å². The summed E-state index contributed by atoms with van der Waals surface area (Å²) in [4.78, 5) is 49.0. The van der Waals surface area contributed by atoms with E-state index in [1.165, 1.54) is 4.90 Å². The van der Waals surface area contributed by atoms with Crippen molar-refractivity contribution in [2.24, 2.45) is 11.8 Å². The lowest BCUT2D eigenvalue weighted by Gasteiger charge is -2.43. The van der Waals surface area contributed by atoms with E-state index in [0.717, 1.165) is 11.0 Å². The Morgan fingerprint density at radius 1 is 1.08 bits per heavy atom. The van der Waals surface area contributed by atoms with Crippen LogP contribution in [0.3, 0.4) is 0 Å². The molecule has 2 aliphatic heterocycles. The highest BCUT2D eigenvalue weighted by Gasteiger charge is 2.41. The van der Waals surface area contributed by atoms with Crippen LogP contribution in [0.25, 0.3) is 11.0 Å². The molecule has 2 fully saturated rings. The third-order valence-electron chi connectivity index (χ3n) is 6.94. The Balaban J connectivity index is 1.68. The second-order valence-electron chi connectivity index (χ2n) is 10.5. The second kappa shape index (κ2) is 10.9. The molecule has 1 aromatic heterocycles. The number of carboxylic acid groups (broad SMARTS) is 1. The van der Waals surface area contributed by atoms with Crippen LogP contribution in [0.4, 0.5) is 4.79 Å². The lowest BCUT2D eigenvalue weighted by Crippen LogP contribution is -2.58. The number of para-hydroxylation sites is 2. The van der Waals surface area contributed by atoms with E-state index >= 15 is 0 Å². The first-order valence-corrected chi connectivity index (χ1v) is 12.8. The first-order valence-electron chi connectivity index (χ1n) is 12.8. The summed E-state index contributed by atoms with van der Waals surface area (Å²) in [7, 11) is 0. The first kappa shape index (κ1) is 25.9. The minimum Gasteiger partial charge on any atom is -0.465 e. The number of carbonyl (C=O) groups is 3. The molecule has 0 saturated carbocycles. The van der Waals surface area contributed by atoms with E-state index in [9.17, 15) is 19.5 Å². The zero-order valence-corrected chi connectivity index (χ0v) is 21.6. The van der Waals surface area contributed by atoms with Crippen molar-refractivity contribution in [3.05, 3.63) is 30.1 Å². The van der Waals surface area contributed by atoms with Crippen molar-refractivity contribution in [3.8, 4) is 0 Å². The summed E-state index contributed by atoms with van der Waals surface area (Å²) in [6, 6.07) is 7.25. The van der Waals surface area contributed by atoms with Crippen LogP contribution in [0.5, 0.6) is 0 Å².